The fourth-order valence-corrected chi connectivity index (χ4v) is 6.28. The van der Waals surface area contributed by atoms with Crippen molar-refractivity contribution in [3.8, 4) is 0 Å². The van der Waals surface area contributed by atoms with E-state index in [1.54, 1.807) is 38.1 Å². The van der Waals surface area contributed by atoms with Crippen molar-refractivity contribution >= 4 is 39.1 Å². The van der Waals surface area contributed by atoms with E-state index in [4.69, 9.17) is 11.6 Å². The molecule has 0 saturated heterocycles. The van der Waals surface area contributed by atoms with Gasteiger partial charge in [0.05, 0.1) is 21.2 Å². The van der Waals surface area contributed by atoms with Gasteiger partial charge in [-0.05, 0) is 68.1 Å². The Kier molecular flexibility index (Phi) is 11.9. The van der Waals surface area contributed by atoms with Gasteiger partial charge in [0.15, 0.2) is 0 Å². The number of benzene rings is 3. The highest BCUT2D eigenvalue weighted by molar-refractivity contribution is 7.92. The summed E-state index contributed by atoms with van der Waals surface area (Å²) >= 11 is 5.84. The molecule has 1 atom stereocenters. The van der Waals surface area contributed by atoms with Crippen LogP contribution in [-0.4, -0.2) is 44.3 Å². The number of sulfonamides is 1. The lowest BCUT2D eigenvalue weighted by Crippen LogP contribution is -2.52. The van der Waals surface area contributed by atoms with Crippen molar-refractivity contribution in [2.75, 3.05) is 17.4 Å². The van der Waals surface area contributed by atoms with Gasteiger partial charge in [0.1, 0.15) is 12.6 Å². The van der Waals surface area contributed by atoms with Gasteiger partial charge in [-0.2, -0.15) is 13.2 Å². The van der Waals surface area contributed by atoms with Crippen LogP contribution in [0.1, 0.15) is 55.4 Å². The minimum absolute atomic E-state index is 0.0158. The van der Waals surface area contributed by atoms with Gasteiger partial charge in [-0.3, -0.25) is 13.9 Å². The molecular formula is C32H37ClF3N3O4S. The van der Waals surface area contributed by atoms with Gasteiger partial charge in [-0.15, -0.1) is 0 Å². The summed E-state index contributed by atoms with van der Waals surface area (Å²) in [6.45, 7) is 6.83. The number of anilines is 1. The maximum atomic E-state index is 14.1. The van der Waals surface area contributed by atoms with Crippen molar-refractivity contribution in [1.29, 1.82) is 0 Å². The topological polar surface area (TPSA) is 86.8 Å². The molecule has 0 unspecified atom stereocenters. The summed E-state index contributed by atoms with van der Waals surface area (Å²) in [6.07, 6.45) is -3.08. The number of alkyl halides is 3. The molecule has 0 saturated carbocycles. The third kappa shape index (κ3) is 8.53. The Bertz CT molecular complexity index is 1560. The molecule has 238 valence electrons. The molecule has 7 nitrogen and oxygen atoms in total. The lowest BCUT2D eigenvalue weighted by Gasteiger charge is -2.33. The molecule has 0 aromatic heterocycles. The fraction of sp³-hybridized carbons (Fsp3) is 0.375. The summed E-state index contributed by atoms with van der Waals surface area (Å²) < 4.78 is 70.0. The lowest BCUT2D eigenvalue weighted by atomic mass is 10.1. The van der Waals surface area contributed by atoms with Gasteiger partial charge >= 0.3 is 6.18 Å². The molecule has 3 aromatic rings. The van der Waals surface area contributed by atoms with Crippen LogP contribution in [0.25, 0.3) is 0 Å². The van der Waals surface area contributed by atoms with Crippen molar-refractivity contribution in [1.82, 2.24) is 10.2 Å². The van der Waals surface area contributed by atoms with E-state index in [1.165, 1.54) is 17.0 Å². The minimum atomic E-state index is -4.88. The molecule has 1 N–H and O–H groups in total. The average molecular weight is 652 g/mol. The predicted octanol–water partition coefficient (Wildman–Crippen LogP) is 6.89. The molecule has 0 radical (unpaired) electrons. The number of hydrogen-bond acceptors (Lipinski definition) is 4. The quantitative estimate of drug-likeness (QED) is 0.204. The summed E-state index contributed by atoms with van der Waals surface area (Å²) in [5.74, 6) is -1.16. The third-order valence-electron chi connectivity index (χ3n) is 7.25. The first-order valence-corrected chi connectivity index (χ1v) is 16.1. The third-order valence-corrected chi connectivity index (χ3v) is 9.37. The average Bonchev–Trinajstić information content (AvgIpc) is 2.96. The number of nitrogens with zero attached hydrogens (tertiary/aromatic N) is 2. The Morgan fingerprint density at radius 2 is 1.64 bits per heavy atom. The molecule has 0 fully saturated rings. The van der Waals surface area contributed by atoms with Crippen molar-refractivity contribution in [3.05, 3.63) is 94.0 Å². The number of halogens is 4. The number of hydrogen-bond donors (Lipinski definition) is 1. The van der Waals surface area contributed by atoms with Crippen LogP contribution in [0.5, 0.6) is 0 Å². The maximum absolute atomic E-state index is 14.1. The Hall–Kier alpha value is -3.57. The van der Waals surface area contributed by atoms with Crippen molar-refractivity contribution in [3.63, 3.8) is 0 Å². The minimum Gasteiger partial charge on any atom is -0.354 e. The molecule has 0 heterocycles. The molecule has 0 spiro atoms. The highest BCUT2D eigenvalue weighted by Crippen LogP contribution is 2.38. The zero-order valence-corrected chi connectivity index (χ0v) is 26.7. The van der Waals surface area contributed by atoms with E-state index < -0.39 is 56.9 Å². The number of amides is 2. The Labute approximate surface area is 262 Å². The van der Waals surface area contributed by atoms with Gasteiger partial charge < -0.3 is 10.2 Å². The molecule has 0 aliphatic heterocycles. The molecule has 2 amide bonds. The fourth-order valence-electron chi connectivity index (χ4n) is 4.65. The van der Waals surface area contributed by atoms with Gasteiger partial charge in [0.2, 0.25) is 11.8 Å². The monoisotopic (exact) mass is 651 g/mol. The maximum Gasteiger partial charge on any atom is 0.417 e. The number of carbonyl (C=O) groups is 2. The Morgan fingerprint density at radius 3 is 2.23 bits per heavy atom. The number of unbranched alkanes of at least 4 members (excludes halogenated alkanes) is 1. The van der Waals surface area contributed by atoms with E-state index in [2.05, 4.69) is 5.32 Å². The first kappa shape index (κ1) is 34.9. The second kappa shape index (κ2) is 14.9. The van der Waals surface area contributed by atoms with E-state index in [-0.39, 0.29) is 17.9 Å². The first-order chi connectivity index (χ1) is 20.7. The lowest BCUT2D eigenvalue weighted by molar-refractivity contribution is -0.140. The summed E-state index contributed by atoms with van der Waals surface area (Å²) in [6, 6.07) is 14.7. The molecule has 12 heteroatoms. The van der Waals surface area contributed by atoms with Crippen LogP contribution in [0.2, 0.25) is 5.02 Å². The van der Waals surface area contributed by atoms with E-state index in [0.717, 1.165) is 41.7 Å². The second-order valence-corrected chi connectivity index (χ2v) is 12.8. The largest absolute Gasteiger partial charge is 0.417 e. The summed E-state index contributed by atoms with van der Waals surface area (Å²) in [5.41, 5.74) is 0.711. The van der Waals surface area contributed by atoms with Crippen molar-refractivity contribution < 1.29 is 31.2 Å². The van der Waals surface area contributed by atoms with Crippen LogP contribution in [0.3, 0.4) is 0 Å². The molecule has 44 heavy (non-hydrogen) atoms. The Balaban J connectivity index is 2.14. The molecular weight excluding hydrogens is 615 g/mol. The zero-order valence-electron chi connectivity index (χ0n) is 25.1. The van der Waals surface area contributed by atoms with Gasteiger partial charge in [-0.1, -0.05) is 73.8 Å². The van der Waals surface area contributed by atoms with Crippen LogP contribution in [0.4, 0.5) is 18.9 Å². The summed E-state index contributed by atoms with van der Waals surface area (Å²) in [5, 5.41) is 2.23. The SMILES string of the molecule is CCCCNC(=O)[C@H](CC)N(Cc1ccccc1C)C(=O)CN(c1ccc(Cl)c(C(F)(F)F)c1)S(=O)(=O)c1ccc(C)cc1. The van der Waals surface area contributed by atoms with Crippen LogP contribution >= 0.6 is 11.6 Å². The predicted molar refractivity (Wildman–Crippen MR) is 166 cm³/mol. The standard InChI is InChI=1S/C32H37ClF3N3O4S/c1-5-7-18-37-31(41)29(6-2)38(20-24-11-9-8-10-23(24)4)30(40)21-39(44(42,43)26-15-12-22(3)13-16-26)25-14-17-28(33)27(19-25)32(34,35)36/h8-17,19,29H,5-7,18,20-21H2,1-4H3,(H,37,41)/t29-/m0/s1. The van der Waals surface area contributed by atoms with Gasteiger partial charge in [-0.25, -0.2) is 8.42 Å². The van der Waals surface area contributed by atoms with Gasteiger partial charge in [0, 0.05) is 13.1 Å². The van der Waals surface area contributed by atoms with Crippen LogP contribution in [0.15, 0.2) is 71.6 Å². The molecule has 0 aliphatic rings. The number of rotatable bonds is 13. The zero-order chi connectivity index (χ0) is 32.7. The molecule has 3 aromatic carbocycles. The van der Waals surface area contributed by atoms with E-state index in [0.29, 0.717) is 16.9 Å². The smallest absolute Gasteiger partial charge is 0.354 e. The van der Waals surface area contributed by atoms with Gasteiger partial charge in [0.25, 0.3) is 10.0 Å². The van der Waals surface area contributed by atoms with Crippen molar-refractivity contribution in [2.24, 2.45) is 0 Å². The first-order valence-electron chi connectivity index (χ1n) is 14.3. The van der Waals surface area contributed by atoms with Crippen LogP contribution in [-0.2, 0) is 32.3 Å². The molecule has 0 aliphatic carbocycles. The van der Waals surface area contributed by atoms with E-state index >= 15 is 0 Å². The Morgan fingerprint density at radius 1 is 0.977 bits per heavy atom. The number of nitrogens with one attached hydrogen (secondary N) is 1. The van der Waals surface area contributed by atoms with Crippen LogP contribution < -0.4 is 9.62 Å². The summed E-state index contributed by atoms with van der Waals surface area (Å²) in [7, 11) is -4.55. The normalized spacial score (nSPS) is 12.5. The highest BCUT2D eigenvalue weighted by atomic mass is 35.5. The highest BCUT2D eigenvalue weighted by Gasteiger charge is 2.37. The van der Waals surface area contributed by atoms with Crippen LogP contribution in [0, 0.1) is 13.8 Å². The summed E-state index contributed by atoms with van der Waals surface area (Å²) in [4.78, 5) is 28.5. The van der Waals surface area contributed by atoms with E-state index in [9.17, 15) is 31.2 Å². The molecule has 3 rings (SSSR count). The molecule has 0 bridgehead atoms. The second-order valence-electron chi connectivity index (χ2n) is 10.5. The van der Waals surface area contributed by atoms with Crippen molar-refractivity contribution in [2.45, 2.75) is 70.6 Å². The number of carbonyl (C=O) groups excluding carboxylic acids is 2. The van der Waals surface area contributed by atoms with E-state index in [1.807, 2.05) is 26.0 Å². The number of aryl methyl sites for hydroxylation is 2.